The van der Waals surface area contributed by atoms with E-state index in [1.807, 2.05) is 30.3 Å². The highest BCUT2D eigenvalue weighted by molar-refractivity contribution is 9.10. The van der Waals surface area contributed by atoms with E-state index in [2.05, 4.69) is 21.2 Å². The quantitative estimate of drug-likeness (QED) is 0.504. The highest BCUT2D eigenvalue weighted by atomic mass is 79.9. The van der Waals surface area contributed by atoms with Gasteiger partial charge in [0.25, 0.3) is 0 Å². The van der Waals surface area contributed by atoms with Crippen LogP contribution < -0.4 is 24.3 Å². The molecule has 4 rings (SSSR count). The molecule has 5 nitrogen and oxygen atoms in total. The molecule has 1 heterocycles. The Morgan fingerprint density at radius 2 is 1.90 bits per heavy atom. The topological polar surface area (TPSA) is 49.0 Å². The van der Waals surface area contributed by atoms with E-state index in [1.54, 1.807) is 25.3 Å². The van der Waals surface area contributed by atoms with Gasteiger partial charge in [0.1, 0.15) is 12.4 Å². The van der Waals surface area contributed by atoms with Crippen molar-refractivity contribution in [3.05, 3.63) is 76.0 Å². The molecule has 0 spiro atoms. The summed E-state index contributed by atoms with van der Waals surface area (Å²) in [7, 11) is 1.58. The second kappa shape index (κ2) is 8.61. The molecular weight excluding hydrogens is 441 g/mol. The predicted octanol–water partition coefficient (Wildman–Crippen LogP) is 5.52. The molecule has 0 amide bonds. The number of anilines is 1. The fourth-order valence-corrected chi connectivity index (χ4v) is 3.60. The molecule has 0 unspecified atom stereocenters. The van der Waals surface area contributed by atoms with Crippen LogP contribution in [0.4, 0.5) is 10.1 Å². The summed E-state index contributed by atoms with van der Waals surface area (Å²) in [4.78, 5) is 0. The lowest BCUT2D eigenvalue weighted by atomic mass is 10.2. The van der Waals surface area contributed by atoms with Gasteiger partial charge in [-0.15, -0.1) is 0 Å². The minimum Gasteiger partial charge on any atom is -0.493 e. The monoisotopic (exact) mass is 459 g/mol. The minimum atomic E-state index is -0.299. The predicted molar refractivity (Wildman–Crippen MR) is 111 cm³/mol. The van der Waals surface area contributed by atoms with Crippen LogP contribution >= 0.6 is 15.9 Å². The van der Waals surface area contributed by atoms with Crippen molar-refractivity contribution in [3.63, 3.8) is 0 Å². The molecule has 0 fully saturated rings. The third kappa shape index (κ3) is 4.40. The molecule has 0 bridgehead atoms. The molecule has 7 heteroatoms. The summed E-state index contributed by atoms with van der Waals surface area (Å²) in [6.45, 7) is 0.926. The van der Waals surface area contributed by atoms with Crippen molar-refractivity contribution in [2.24, 2.45) is 0 Å². The van der Waals surface area contributed by atoms with Crippen molar-refractivity contribution in [2.45, 2.75) is 13.2 Å². The summed E-state index contributed by atoms with van der Waals surface area (Å²) >= 11 is 3.53. The van der Waals surface area contributed by atoms with Gasteiger partial charge >= 0.3 is 0 Å². The molecule has 0 radical (unpaired) electrons. The van der Waals surface area contributed by atoms with Crippen molar-refractivity contribution in [1.29, 1.82) is 0 Å². The Balaban J connectivity index is 1.46. The Morgan fingerprint density at radius 3 is 2.72 bits per heavy atom. The van der Waals surface area contributed by atoms with Crippen molar-refractivity contribution >= 4 is 21.6 Å². The van der Waals surface area contributed by atoms with E-state index in [4.69, 9.17) is 18.9 Å². The number of ether oxygens (including phenoxy) is 4. The lowest BCUT2D eigenvalue weighted by Crippen LogP contribution is -2.03. The number of rotatable bonds is 7. The first-order valence-electron chi connectivity index (χ1n) is 9.00. The van der Waals surface area contributed by atoms with Crippen LogP contribution in [-0.2, 0) is 13.2 Å². The first-order chi connectivity index (χ1) is 14.1. The number of nitrogens with one attached hydrogen (secondary N) is 1. The SMILES string of the molecule is COc1cc(CNc2ccc3c(c2)OCO3)cc(Br)c1OCc1ccccc1F. The van der Waals surface area contributed by atoms with Crippen LogP contribution in [0.25, 0.3) is 0 Å². The maximum atomic E-state index is 13.8. The number of halogens is 2. The Bertz CT molecular complexity index is 1030. The van der Waals surface area contributed by atoms with E-state index in [0.29, 0.717) is 23.6 Å². The molecule has 0 atom stereocenters. The van der Waals surface area contributed by atoms with E-state index >= 15 is 0 Å². The zero-order valence-electron chi connectivity index (χ0n) is 15.7. The van der Waals surface area contributed by atoms with E-state index in [9.17, 15) is 4.39 Å². The molecule has 1 aliphatic heterocycles. The lowest BCUT2D eigenvalue weighted by Gasteiger charge is -2.15. The number of hydrogen-bond donors (Lipinski definition) is 1. The molecule has 0 aliphatic carbocycles. The third-order valence-electron chi connectivity index (χ3n) is 4.49. The second-order valence-corrected chi connectivity index (χ2v) is 7.27. The Kier molecular flexibility index (Phi) is 5.76. The number of hydrogen-bond acceptors (Lipinski definition) is 5. The maximum Gasteiger partial charge on any atom is 0.231 e. The van der Waals surface area contributed by atoms with Gasteiger partial charge in [-0.3, -0.25) is 0 Å². The van der Waals surface area contributed by atoms with Crippen molar-refractivity contribution in [1.82, 2.24) is 0 Å². The molecule has 1 aliphatic rings. The normalized spacial score (nSPS) is 12.0. The van der Waals surface area contributed by atoms with Crippen molar-refractivity contribution in [2.75, 3.05) is 19.2 Å². The fraction of sp³-hybridized carbons (Fsp3) is 0.182. The van der Waals surface area contributed by atoms with E-state index in [1.165, 1.54) is 6.07 Å². The zero-order chi connectivity index (χ0) is 20.2. The average Bonchev–Trinajstić information content (AvgIpc) is 3.20. The maximum absolute atomic E-state index is 13.8. The Morgan fingerprint density at radius 1 is 1.07 bits per heavy atom. The molecule has 3 aromatic rings. The molecule has 0 aromatic heterocycles. The molecule has 29 heavy (non-hydrogen) atoms. The molecule has 150 valence electrons. The van der Waals surface area contributed by atoms with Crippen molar-refractivity contribution in [3.8, 4) is 23.0 Å². The standard InChI is InChI=1S/C22H19BrFNO4/c1-26-21-9-14(11-25-16-6-7-19-20(10-16)29-13-28-19)8-17(23)22(21)27-12-15-4-2-3-5-18(15)24/h2-10,25H,11-13H2,1H3. The summed E-state index contributed by atoms with van der Waals surface area (Å²) in [5.41, 5.74) is 2.39. The highest BCUT2D eigenvalue weighted by Crippen LogP contribution is 2.38. The summed E-state index contributed by atoms with van der Waals surface area (Å²) in [6.07, 6.45) is 0. The van der Waals surface area contributed by atoms with Crippen LogP contribution in [0, 0.1) is 5.82 Å². The van der Waals surface area contributed by atoms with Crippen LogP contribution in [-0.4, -0.2) is 13.9 Å². The van der Waals surface area contributed by atoms with Crippen LogP contribution in [0.1, 0.15) is 11.1 Å². The van der Waals surface area contributed by atoms with Crippen LogP contribution in [0.15, 0.2) is 59.1 Å². The van der Waals surface area contributed by atoms with E-state index < -0.39 is 0 Å². The summed E-state index contributed by atoms with van der Waals surface area (Å²) < 4.78 is 36.6. The molecule has 0 saturated carbocycles. The van der Waals surface area contributed by atoms with Gasteiger partial charge in [0.05, 0.1) is 11.6 Å². The van der Waals surface area contributed by atoms with Gasteiger partial charge in [0, 0.05) is 23.9 Å². The number of fused-ring (bicyclic) bond motifs is 1. The van der Waals surface area contributed by atoms with Gasteiger partial charge < -0.3 is 24.3 Å². The fourth-order valence-electron chi connectivity index (χ4n) is 2.99. The van der Waals surface area contributed by atoms with Crippen LogP contribution in [0.2, 0.25) is 0 Å². The van der Waals surface area contributed by atoms with Gasteiger partial charge in [-0.2, -0.15) is 0 Å². The smallest absolute Gasteiger partial charge is 0.231 e. The molecule has 1 N–H and O–H groups in total. The van der Waals surface area contributed by atoms with Gasteiger partial charge in [-0.05, 0) is 51.8 Å². The lowest BCUT2D eigenvalue weighted by molar-refractivity contribution is 0.174. The van der Waals surface area contributed by atoms with Gasteiger partial charge in [-0.25, -0.2) is 4.39 Å². The highest BCUT2D eigenvalue weighted by Gasteiger charge is 2.15. The van der Waals surface area contributed by atoms with Gasteiger partial charge in [0.15, 0.2) is 23.0 Å². The van der Waals surface area contributed by atoms with Crippen LogP contribution in [0.5, 0.6) is 23.0 Å². The van der Waals surface area contributed by atoms with Gasteiger partial charge in [-0.1, -0.05) is 18.2 Å². The molecular formula is C22H19BrFNO4. The van der Waals surface area contributed by atoms with E-state index in [-0.39, 0.29) is 19.2 Å². The average molecular weight is 460 g/mol. The molecule has 0 saturated heterocycles. The largest absolute Gasteiger partial charge is 0.493 e. The molecule has 3 aromatic carbocycles. The first kappa shape index (κ1) is 19.4. The number of methoxy groups -OCH3 is 1. The Hall–Kier alpha value is -2.93. The third-order valence-corrected chi connectivity index (χ3v) is 5.08. The minimum absolute atomic E-state index is 0.108. The van der Waals surface area contributed by atoms with E-state index in [0.717, 1.165) is 27.2 Å². The first-order valence-corrected chi connectivity index (χ1v) is 9.79. The van der Waals surface area contributed by atoms with Crippen LogP contribution in [0.3, 0.4) is 0 Å². The summed E-state index contributed by atoms with van der Waals surface area (Å²) in [5.74, 6) is 2.27. The van der Waals surface area contributed by atoms with Gasteiger partial charge in [0.2, 0.25) is 6.79 Å². The van der Waals surface area contributed by atoms with Crippen molar-refractivity contribution < 1.29 is 23.3 Å². The Labute approximate surface area is 176 Å². The summed E-state index contributed by atoms with van der Waals surface area (Å²) in [5, 5.41) is 3.35. The zero-order valence-corrected chi connectivity index (χ0v) is 17.3. The number of benzene rings is 3. The summed E-state index contributed by atoms with van der Waals surface area (Å²) in [6, 6.07) is 16.1. The second-order valence-electron chi connectivity index (χ2n) is 6.41.